The number of alkyl halides is 3. The molecule has 38 heavy (non-hydrogen) atoms. The van der Waals surface area contributed by atoms with Crippen molar-refractivity contribution >= 4 is 17.3 Å². The Morgan fingerprint density at radius 3 is 2.37 bits per heavy atom. The summed E-state index contributed by atoms with van der Waals surface area (Å²) in [6.07, 6.45) is -1.52. The van der Waals surface area contributed by atoms with Crippen molar-refractivity contribution in [3.8, 4) is 11.8 Å². The van der Waals surface area contributed by atoms with Crippen LogP contribution in [0.3, 0.4) is 0 Å². The molecule has 1 saturated heterocycles. The van der Waals surface area contributed by atoms with E-state index in [0.29, 0.717) is 63.6 Å². The van der Waals surface area contributed by atoms with Crippen molar-refractivity contribution in [2.45, 2.75) is 44.1 Å². The van der Waals surface area contributed by atoms with Gasteiger partial charge in [-0.05, 0) is 49.9 Å². The minimum Gasteiger partial charge on any atom is -0.490 e. The summed E-state index contributed by atoms with van der Waals surface area (Å²) in [5.74, 6) is -0.176. The summed E-state index contributed by atoms with van der Waals surface area (Å²) in [6.45, 7) is 2.31. The molecule has 202 valence electrons. The molecule has 1 aromatic heterocycles. The van der Waals surface area contributed by atoms with Crippen LogP contribution in [0.15, 0.2) is 36.5 Å². The molecule has 0 atom stereocenters. The van der Waals surface area contributed by atoms with E-state index in [1.165, 1.54) is 6.07 Å². The molecule has 1 saturated carbocycles. The Labute approximate surface area is 216 Å². The summed E-state index contributed by atoms with van der Waals surface area (Å²) in [5.41, 5.74) is -1.11. The average molecular weight is 534 g/mol. The van der Waals surface area contributed by atoms with Crippen molar-refractivity contribution < 1.29 is 32.4 Å². The van der Waals surface area contributed by atoms with Gasteiger partial charge in [0.2, 0.25) is 5.91 Å². The number of halogens is 3. The van der Waals surface area contributed by atoms with Crippen LogP contribution in [-0.2, 0) is 15.7 Å². The third-order valence-corrected chi connectivity index (χ3v) is 6.70. The number of hydrogen-bond acceptors (Lipinski definition) is 8. The van der Waals surface area contributed by atoms with E-state index in [-0.39, 0.29) is 30.5 Å². The number of amides is 1. The second kappa shape index (κ2) is 11.6. The molecular weight excluding hydrogens is 507 g/mol. The molecule has 13 heteroatoms. The smallest absolute Gasteiger partial charge is 0.423 e. The van der Waals surface area contributed by atoms with Gasteiger partial charge in [0.15, 0.2) is 0 Å². The van der Waals surface area contributed by atoms with Crippen molar-refractivity contribution in [3.05, 3.63) is 57.9 Å². The van der Waals surface area contributed by atoms with Gasteiger partial charge < -0.3 is 19.3 Å². The van der Waals surface area contributed by atoms with Gasteiger partial charge in [-0.25, -0.2) is 4.98 Å². The Bertz CT molecular complexity index is 1190. The number of carbonyl (C=O) groups excluding carboxylic acids is 1. The van der Waals surface area contributed by atoms with Crippen LogP contribution in [0.5, 0.6) is 5.75 Å². The van der Waals surface area contributed by atoms with E-state index in [1.54, 1.807) is 17.2 Å². The molecule has 2 aromatic rings. The zero-order valence-electron chi connectivity index (χ0n) is 20.4. The van der Waals surface area contributed by atoms with E-state index in [0.717, 1.165) is 11.8 Å². The van der Waals surface area contributed by atoms with E-state index < -0.39 is 22.4 Å². The van der Waals surface area contributed by atoms with Gasteiger partial charge in [0.1, 0.15) is 29.7 Å². The lowest BCUT2D eigenvalue weighted by molar-refractivity contribution is -0.388. The fourth-order valence-corrected chi connectivity index (χ4v) is 4.62. The van der Waals surface area contributed by atoms with E-state index in [1.807, 2.05) is 12.1 Å². The molecule has 10 nitrogen and oxygen atoms in total. The van der Waals surface area contributed by atoms with Crippen LogP contribution >= 0.6 is 0 Å². The second-order valence-electron chi connectivity index (χ2n) is 9.14. The number of nitro benzene ring substituents is 1. The third-order valence-electron chi connectivity index (χ3n) is 6.70. The van der Waals surface area contributed by atoms with Crippen molar-refractivity contribution in [2.24, 2.45) is 0 Å². The lowest BCUT2D eigenvalue weighted by atomic mass is 9.95. The SMILES string of the molecule is N#Cc1ccc(N2CCN(C(=O)COC3CCC(Oc4ccc([N+](=O)[O-])c(C(F)(F)F)c4)CC3)CC2)cn1. The predicted molar refractivity (Wildman–Crippen MR) is 128 cm³/mol. The fourth-order valence-electron chi connectivity index (χ4n) is 4.62. The molecule has 1 aliphatic carbocycles. The summed E-state index contributed by atoms with van der Waals surface area (Å²) >= 11 is 0. The van der Waals surface area contributed by atoms with Crippen molar-refractivity contribution in [3.63, 3.8) is 0 Å². The van der Waals surface area contributed by atoms with Gasteiger partial charge in [0.25, 0.3) is 5.69 Å². The quantitative estimate of drug-likeness (QED) is 0.388. The first-order chi connectivity index (χ1) is 18.1. The number of nitrogens with zero attached hydrogens (tertiary/aromatic N) is 5. The number of nitriles is 1. The predicted octanol–water partition coefficient (Wildman–Crippen LogP) is 3.94. The Kier molecular flexibility index (Phi) is 8.31. The number of rotatable bonds is 7. The lowest BCUT2D eigenvalue weighted by Gasteiger charge is -2.36. The molecule has 0 spiro atoms. The van der Waals surface area contributed by atoms with E-state index in [9.17, 15) is 28.1 Å². The molecule has 0 unspecified atom stereocenters. The number of piperazine rings is 1. The first-order valence-corrected chi connectivity index (χ1v) is 12.2. The highest BCUT2D eigenvalue weighted by Gasteiger charge is 2.39. The number of carbonyl (C=O) groups is 1. The molecule has 0 radical (unpaired) electrons. The maximum Gasteiger partial charge on any atom is 0.423 e. The number of nitro groups is 1. The lowest BCUT2D eigenvalue weighted by Crippen LogP contribution is -2.50. The van der Waals surface area contributed by atoms with Crippen LogP contribution in [0.1, 0.15) is 36.9 Å². The highest BCUT2D eigenvalue weighted by molar-refractivity contribution is 5.77. The van der Waals surface area contributed by atoms with Gasteiger partial charge in [-0.1, -0.05) is 0 Å². The first kappa shape index (κ1) is 27.1. The third kappa shape index (κ3) is 6.69. The average Bonchev–Trinajstić information content (AvgIpc) is 2.92. The normalized spacial score (nSPS) is 20.1. The van der Waals surface area contributed by atoms with Gasteiger partial charge >= 0.3 is 6.18 Å². The van der Waals surface area contributed by atoms with E-state index in [4.69, 9.17) is 14.7 Å². The number of benzene rings is 1. The van der Waals surface area contributed by atoms with Crippen molar-refractivity contribution in [2.75, 3.05) is 37.7 Å². The largest absolute Gasteiger partial charge is 0.490 e. The highest BCUT2D eigenvalue weighted by atomic mass is 19.4. The Morgan fingerprint density at radius 1 is 1.11 bits per heavy atom. The molecule has 4 rings (SSSR count). The maximum absolute atomic E-state index is 13.2. The fraction of sp³-hybridized carbons (Fsp3) is 0.480. The van der Waals surface area contributed by atoms with Crippen LogP contribution in [-0.4, -0.2) is 65.7 Å². The highest BCUT2D eigenvalue weighted by Crippen LogP contribution is 2.38. The molecule has 1 aliphatic heterocycles. The van der Waals surface area contributed by atoms with Gasteiger partial charge in [0, 0.05) is 32.2 Å². The molecule has 0 N–H and O–H groups in total. The molecule has 1 amide bonds. The summed E-state index contributed by atoms with van der Waals surface area (Å²) in [5, 5.41) is 19.8. The summed E-state index contributed by atoms with van der Waals surface area (Å²) in [6, 6.07) is 8.12. The molecule has 1 aromatic carbocycles. The van der Waals surface area contributed by atoms with Gasteiger partial charge in [0.05, 0.1) is 29.0 Å². The minimum atomic E-state index is -4.87. The Morgan fingerprint density at radius 2 is 1.79 bits per heavy atom. The first-order valence-electron chi connectivity index (χ1n) is 12.2. The van der Waals surface area contributed by atoms with Crippen LogP contribution < -0.4 is 9.64 Å². The number of ether oxygens (including phenoxy) is 2. The standard InChI is InChI=1S/C25H26F3N5O5/c26-25(27,28)22-13-21(7-8-23(22)33(35)36)38-20-5-3-19(4-6-20)37-16-24(34)32-11-9-31(10-12-32)18-2-1-17(14-29)30-15-18/h1-2,7-8,13,15,19-20H,3-6,9-12,16H2. The molecule has 2 aliphatic rings. The summed E-state index contributed by atoms with van der Waals surface area (Å²) in [7, 11) is 0. The van der Waals surface area contributed by atoms with E-state index in [2.05, 4.69) is 9.88 Å². The molecule has 0 bridgehead atoms. The molecule has 2 heterocycles. The zero-order valence-corrected chi connectivity index (χ0v) is 20.4. The van der Waals surface area contributed by atoms with Gasteiger partial charge in [-0.15, -0.1) is 0 Å². The zero-order chi connectivity index (χ0) is 27.3. The molecule has 2 fully saturated rings. The topological polar surface area (TPSA) is 122 Å². The number of hydrogen-bond donors (Lipinski definition) is 0. The van der Waals surface area contributed by atoms with Crippen molar-refractivity contribution in [1.29, 1.82) is 5.26 Å². The second-order valence-corrected chi connectivity index (χ2v) is 9.14. The Balaban J connectivity index is 1.20. The van der Waals surface area contributed by atoms with Gasteiger partial charge in [-0.2, -0.15) is 18.4 Å². The molecular formula is C25H26F3N5O5. The number of anilines is 1. The summed E-state index contributed by atoms with van der Waals surface area (Å²) in [4.78, 5) is 30.4. The maximum atomic E-state index is 13.2. The van der Waals surface area contributed by atoms with Crippen LogP contribution in [0, 0.1) is 21.4 Å². The summed E-state index contributed by atoms with van der Waals surface area (Å²) < 4.78 is 51.1. The van der Waals surface area contributed by atoms with Crippen LogP contribution in [0.25, 0.3) is 0 Å². The monoisotopic (exact) mass is 533 g/mol. The number of pyridine rings is 1. The van der Waals surface area contributed by atoms with Gasteiger partial charge in [-0.3, -0.25) is 14.9 Å². The Hall–Kier alpha value is -3.92. The van der Waals surface area contributed by atoms with Crippen LogP contribution in [0.4, 0.5) is 24.5 Å². The van der Waals surface area contributed by atoms with Crippen molar-refractivity contribution in [1.82, 2.24) is 9.88 Å². The van der Waals surface area contributed by atoms with Crippen LogP contribution in [0.2, 0.25) is 0 Å². The van der Waals surface area contributed by atoms with E-state index >= 15 is 0 Å². The number of aromatic nitrogens is 1. The minimum absolute atomic E-state index is 0.0497.